The summed E-state index contributed by atoms with van der Waals surface area (Å²) in [5.41, 5.74) is 1.56. The molecule has 136 valence electrons. The Kier molecular flexibility index (Phi) is 5.46. The first kappa shape index (κ1) is 18.3. The number of hydrogen-bond donors (Lipinski definition) is 1. The number of H-pyrrole nitrogens is 1. The molecule has 0 aliphatic heterocycles. The van der Waals surface area contributed by atoms with Crippen molar-refractivity contribution in [3.05, 3.63) is 47.3 Å². The molecule has 0 unspecified atom stereocenters. The Hall–Kier alpha value is -2.54. The summed E-state index contributed by atoms with van der Waals surface area (Å²) in [6, 6.07) is 7.53. The zero-order valence-electron chi connectivity index (χ0n) is 14.5. The summed E-state index contributed by atoms with van der Waals surface area (Å²) in [5.74, 6) is -1.14. The van der Waals surface area contributed by atoms with Crippen LogP contribution in [0, 0.1) is 0 Å². The maximum absolute atomic E-state index is 12.9. The first-order valence-corrected chi connectivity index (χ1v) is 9.44. The van der Waals surface area contributed by atoms with Crippen LogP contribution in [0.4, 0.5) is 0 Å². The van der Waals surface area contributed by atoms with Gasteiger partial charge in [0, 0.05) is 17.4 Å². The lowest BCUT2D eigenvalue weighted by molar-refractivity contribution is -0.304. The second kappa shape index (κ2) is 7.78. The number of unbranched alkanes of at least 4 members (excludes halogenated alkanes) is 1. The SMILES string of the molecule is C=CCn1c(S[C@@H](CCCC)C(=O)[O-])nc2c([nH]c3ccccc32)c1=O. The molecular weight excluding hydrogens is 350 g/mol. The predicted octanol–water partition coefficient (Wildman–Crippen LogP) is 2.46. The molecule has 3 rings (SSSR count). The van der Waals surface area contributed by atoms with E-state index in [-0.39, 0.29) is 12.1 Å². The van der Waals surface area contributed by atoms with Gasteiger partial charge in [-0.3, -0.25) is 9.36 Å². The second-order valence-corrected chi connectivity index (χ2v) is 7.23. The quantitative estimate of drug-likeness (QED) is 0.374. The van der Waals surface area contributed by atoms with Crippen LogP contribution in [0.1, 0.15) is 26.2 Å². The molecule has 0 saturated carbocycles. The summed E-state index contributed by atoms with van der Waals surface area (Å²) >= 11 is 1.07. The molecule has 1 N–H and O–H groups in total. The number of thioether (sulfide) groups is 1. The third-order valence-electron chi connectivity index (χ3n) is 4.22. The van der Waals surface area contributed by atoms with Crippen molar-refractivity contribution < 1.29 is 9.90 Å². The summed E-state index contributed by atoms with van der Waals surface area (Å²) in [6.45, 7) is 5.95. The van der Waals surface area contributed by atoms with Crippen LogP contribution in [0.3, 0.4) is 0 Å². The number of carbonyl (C=O) groups is 1. The molecule has 6 nitrogen and oxygen atoms in total. The van der Waals surface area contributed by atoms with Crippen LogP contribution in [0.15, 0.2) is 46.9 Å². The molecule has 0 aliphatic rings. The highest BCUT2D eigenvalue weighted by atomic mass is 32.2. The minimum absolute atomic E-state index is 0.235. The fraction of sp³-hybridized carbons (Fsp3) is 0.316. The second-order valence-electron chi connectivity index (χ2n) is 6.06. The van der Waals surface area contributed by atoms with Crippen LogP contribution in [-0.4, -0.2) is 25.8 Å². The Labute approximate surface area is 154 Å². The molecule has 26 heavy (non-hydrogen) atoms. The van der Waals surface area contributed by atoms with Crippen molar-refractivity contribution in [1.82, 2.24) is 14.5 Å². The number of aromatic nitrogens is 3. The number of fused-ring (bicyclic) bond motifs is 3. The van der Waals surface area contributed by atoms with Crippen molar-refractivity contribution in [2.24, 2.45) is 0 Å². The number of allylic oxidation sites excluding steroid dienone is 1. The highest BCUT2D eigenvalue weighted by Gasteiger charge is 2.19. The van der Waals surface area contributed by atoms with Crippen molar-refractivity contribution in [2.45, 2.75) is 43.1 Å². The van der Waals surface area contributed by atoms with Gasteiger partial charge in [0.2, 0.25) is 0 Å². The van der Waals surface area contributed by atoms with E-state index in [1.807, 2.05) is 31.2 Å². The molecule has 0 aliphatic carbocycles. The Morgan fingerprint density at radius 2 is 2.23 bits per heavy atom. The molecule has 7 heteroatoms. The minimum Gasteiger partial charge on any atom is -0.549 e. The van der Waals surface area contributed by atoms with E-state index in [9.17, 15) is 14.7 Å². The largest absolute Gasteiger partial charge is 0.549 e. The monoisotopic (exact) mass is 370 g/mol. The van der Waals surface area contributed by atoms with E-state index in [1.165, 1.54) is 4.57 Å². The summed E-state index contributed by atoms with van der Waals surface area (Å²) in [7, 11) is 0. The summed E-state index contributed by atoms with van der Waals surface area (Å²) in [4.78, 5) is 32.2. The molecule has 0 bridgehead atoms. The van der Waals surface area contributed by atoms with Gasteiger partial charge >= 0.3 is 0 Å². The summed E-state index contributed by atoms with van der Waals surface area (Å²) < 4.78 is 1.46. The molecular formula is C19H20N3O3S-. The summed E-state index contributed by atoms with van der Waals surface area (Å²) in [6.07, 6.45) is 3.73. The van der Waals surface area contributed by atoms with E-state index >= 15 is 0 Å². The topological polar surface area (TPSA) is 90.8 Å². The first-order valence-electron chi connectivity index (χ1n) is 8.56. The third-order valence-corrected chi connectivity index (χ3v) is 5.45. The van der Waals surface area contributed by atoms with Gasteiger partial charge in [0.25, 0.3) is 5.56 Å². The Morgan fingerprint density at radius 3 is 2.92 bits per heavy atom. The molecule has 0 amide bonds. The number of nitrogens with one attached hydrogen (secondary N) is 1. The number of nitrogens with zero attached hydrogens (tertiary/aromatic N) is 2. The fourth-order valence-corrected chi connectivity index (χ4v) is 3.96. The molecule has 0 fully saturated rings. The lowest BCUT2D eigenvalue weighted by Gasteiger charge is -2.18. The number of para-hydroxylation sites is 1. The lowest BCUT2D eigenvalue weighted by atomic mass is 10.2. The predicted molar refractivity (Wildman–Crippen MR) is 102 cm³/mol. The highest BCUT2D eigenvalue weighted by molar-refractivity contribution is 8.00. The molecule has 1 aromatic carbocycles. The molecule has 2 heterocycles. The number of carboxylic acids is 1. The van der Waals surface area contributed by atoms with Gasteiger partial charge in [-0.1, -0.05) is 55.8 Å². The van der Waals surface area contributed by atoms with E-state index in [1.54, 1.807) is 6.08 Å². The van der Waals surface area contributed by atoms with Gasteiger partial charge in [-0.15, -0.1) is 6.58 Å². The van der Waals surface area contributed by atoms with Gasteiger partial charge in [0.15, 0.2) is 5.16 Å². The normalized spacial score (nSPS) is 12.5. The maximum atomic E-state index is 12.9. The van der Waals surface area contributed by atoms with Crippen molar-refractivity contribution >= 4 is 39.7 Å². The van der Waals surface area contributed by atoms with Gasteiger partial charge in [0.1, 0.15) is 11.0 Å². The molecule has 3 aromatic rings. The van der Waals surface area contributed by atoms with Crippen molar-refractivity contribution in [3.8, 4) is 0 Å². The number of aliphatic carboxylic acids is 1. The van der Waals surface area contributed by atoms with Gasteiger partial charge < -0.3 is 14.9 Å². The molecule has 0 spiro atoms. The van der Waals surface area contributed by atoms with Crippen LogP contribution in [0.5, 0.6) is 0 Å². The smallest absolute Gasteiger partial charge is 0.278 e. The van der Waals surface area contributed by atoms with Crippen molar-refractivity contribution in [3.63, 3.8) is 0 Å². The first-order chi connectivity index (χ1) is 12.6. The molecule has 1 atom stereocenters. The average Bonchev–Trinajstić information content (AvgIpc) is 3.00. The Bertz CT molecular complexity index is 1020. The standard InChI is InChI=1S/C19H21N3O3S/c1-3-5-10-14(18(24)25)26-19-21-15-12-8-6-7-9-13(12)20-16(15)17(23)22(19)11-4-2/h4,6-9,14,20H,2-3,5,10-11H2,1H3,(H,24,25)/p-1/t14-/m0/s1. The number of benzene rings is 1. The number of carboxylic acid groups (broad SMARTS) is 1. The maximum Gasteiger partial charge on any atom is 0.278 e. The van der Waals surface area contributed by atoms with Crippen LogP contribution in [0.25, 0.3) is 21.9 Å². The molecule has 0 radical (unpaired) electrons. The Balaban J connectivity index is 2.17. The Morgan fingerprint density at radius 1 is 1.46 bits per heavy atom. The minimum atomic E-state index is -1.14. The van der Waals surface area contributed by atoms with E-state index < -0.39 is 11.2 Å². The van der Waals surface area contributed by atoms with E-state index in [4.69, 9.17) is 0 Å². The number of carbonyl (C=O) groups excluding carboxylic acids is 1. The number of rotatable bonds is 8. The zero-order valence-corrected chi connectivity index (χ0v) is 15.3. The highest BCUT2D eigenvalue weighted by Crippen LogP contribution is 2.28. The number of aromatic amines is 1. The number of hydrogen-bond acceptors (Lipinski definition) is 5. The van der Waals surface area contributed by atoms with E-state index in [0.717, 1.165) is 35.5 Å². The molecule has 0 saturated heterocycles. The zero-order chi connectivity index (χ0) is 18.7. The van der Waals surface area contributed by atoms with E-state index in [2.05, 4.69) is 16.5 Å². The van der Waals surface area contributed by atoms with Crippen molar-refractivity contribution in [2.75, 3.05) is 0 Å². The van der Waals surface area contributed by atoms with Gasteiger partial charge in [-0.05, 0) is 12.5 Å². The fourth-order valence-electron chi connectivity index (χ4n) is 2.90. The lowest BCUT2D eigenvalue weighted by Crippen LogP contribution is -2.34. The van der Waals surface area contributed by atoms with Crippen LogP contribution in [-0.2, 0) is 11.3 Å². The van der Waals surface area contributed by atoms with E-state index in [0.29, 0.717) is 22.6 Å². The average molecular weight is 370 g/mol. The summed E-state index contributed by atoms with van der Waals surface area (Å²) in [5, 5.41) is 12.0. The van der Waals surface area contributed by atoms with Crippen molar-refractivity contribution in [1.29, 1.82) is 0 Å². The van der Waals surface area contributed by atoms with Gasteiger partial charge in [0.05, 0.1) is 11.2 Å². The van der Waals surface area contributed by atoms with Gasteiger partial charge in [-0.2, -0.15) is 0 Å². The van der Waals surface area contributed by atoms with Crippen LogP contribution < -0.4 is 10.7 Å². The third kappa shape index (κ3) is 3.39. The van der Waals surface area contributed by atoms with Crippen LogP contribution in [0.2, 0.25) is 0 Å². The van der Waals surface area contributed by atoms with Gasteiger partial charge in [-0.25, -0.2) is 4.98 Å². The van der Waals surface area contributed by atoms with Crippen LogP contribution >= 0.6 is 11.8 Å². The molecule has 2 aromatic heterocycles.